The van der Waals surface area contributed by atoms with E-state index in [1.807, 2.05) is 11.9 Å². The fourth-order valence-corrected chi connectivity index (χ4v) is 2.44. The zero-order valence-electron chi connectivity index (χ0n) is 9.54. The lowest BCUT2D eigenvalue weighted by atomic mass is 9.90. The second-order valence-corrected chi connectivity index (χ2v) is 4.58. The number of nitrogens with zero attached hydrogens (tertiary/aromatic N) is 1. The van der Waals surface area contributed by atoms with Crippen LogP contribution in [-0.2, 0) is 6.18 Å². The number of hydrogen-bond acceptors (Lipinski definition) is 2. The molecule has 2 nitrogen and oxygen atoms in total. The van der Waals surface area contributed by atoms with Crippen LogP contribution in [0.2, 0.25) is 0 Å². The van der Waals surface area contributed by atoms with Crippen molar-refractivity contribution in [3.8, 4) is 0 Å². The van der Waals surface area contributed by atoms with E-state index in [1.165, 1.54) is 12.1 Å². The minimum atomic E-state index is -4.31. The van der Waals surface area contributed by atoms with E-state index in [0.717, 1.165) is 6.07 Å². The van der Waals surface area contributed by atoms with E-state index in [9.17, 15) is 13.2 Å². The Kier molecular flexibility index (Phi) is 3.14. The second kappa shape index (κ2) is 4.31. The van der Waals surface area contributed by atoms with Crippen molar-refractivity contribution in [1.82, 2.24) is 4.90 Å². The fourth-order valence-electron chi connectivity index (χ4n) is 2.44. The van der Waals surface area contributed by atoms with Crippen molar-refractivity contribution >= 4 is 0 Å². The molecule has 0 spiro atoms. The first-order valence-electron chi connectivity index (χ1n) is 5.50. The van der Waals surface area contributed by atoms with Gasteiger partial charge in [0.15, 0.2) is 0 Å². The van der Waals surface area contributed by atoms with Crippen LogP contribution in [0.15, 0.2) is 24.3 Å². The summed E-state index contributed by atoms with van der Waals surface area (Å²) in [5.41, 5.74) is 5.66. The van der Waals surface area contributed by atoms with Gasteiger partial charge in [0.1, 0.15) is 0 Å². The predicted molar refractivity (Wildman–Crippen MR) is 59.7 cm³/mol. The zero-order valence-corrected chi connectivity index (χ0v) is 9.54. The van der Waals surface area contributed by atoms with Crippen molar-refractivity contribution in [1.29, 1.82) is 0 Å². The first kappa shape index (κ1) is 12.4. The van der Waals surface area contributed by atoms with E-state index in [0.29, 0.717) is 18.7 Å². The molecule has 0 aromatic heterocycles. The molecule has 2 atom stereocenters. The van der Waals surface area contributed by atoms with E-state index in [2.05, 4.69) is 0 Å². The Morgan fingerprint density at radius 3 is 2.41 bits per heavy atom. The van der Waals surface area contributed by atoms with Crippen molar-refractivity contribution in [3.63, 3.8) is 0 Å². The van der Waals surface area contributed by atoms with Crippen molar-refractivity contribution in [2.24, 2.45) is 5.73 Å². The van der Waals surface area contributed by atoms with Gasteiger partial charge in [-0.25, -0.2) is 0 Å². The number of benzene rings is 1. The van der Waals surface area contributed by atoms with Crippen LogP contribution in [0.25, 0.3) is 0 Å². The number of hydrogen-bond donors (Lipinski definition) is 1. The van der Waals surface area contributed by atoms with Gasteiger partial charge in [0.05, 0.1) is 5.56 Å². The van der Waals surface area contributed by atoms with Crippen LogP contribution in [0.5, 0.6) is 0 Å². The van der Waals surface area contributed by atoms with E-state index in [-0.39, 0.29) is 12.0 Å². The van der Waals surface area contributed by atoms with Gasteiger partial charge in [-0.2, -0.15) is 13.2 Å². The smallest absolute Gasteiger partial charge is 0.326 e. The molecule has 1 aliphatic rings. The van der Waals surface area contributed by atoms with Gasteiger partial charge in [0, 0.05) is 25.0 Å². The topological polar surface area (TPSA) is 29.3 Å². The fraction of sp³-hybridized carbons (Fsp3) is 0.500. The highest BCUT2D eigenvalue weighted by molar-refractivity contribution is 5.35. The average Bonchev–Trinajstić information content (AvgIpc) is 2.56. The summed E-state index contributed by atoms with van der Waals surface area (Å²) < 4.78 is 38.6. The molecule has 94 valence electrons. The molecule has 0 radical (unpaired) electrons. The Labute approximate surface area is 98.2 Å². The van der Waals surface area contributed by atoms with Crippen LogP contribution in [0.1, 0.15) is 17.0 Å². The van der Waals surface area contributed by atoms with Gasteiger partial charge in [-0.05, 0) is 18.7 Å². The number of likely N-dealkylation sites (N-methyl/N-ethyl adjacent to an activating group) is 1. The standard InChI is InChI=1S/C12H15F3N2/c1-17-6-9(11(16)7-17)8-4-2-3-5-10(8)12(13,14)15/h2-5,9,11H,6-7,16H2,1H3/t9-,11+/m1/s1. The monoisotopic (exact) mass is 244 g/mol. The molecule has 17 heavy (non-hydrogen) atoms. The summed E-state index contributed by atoms with van der Waals surface area (Å²) in [4.78, 5) is 1.96. The molecular weight excluding hydrogens is 229 g/mol. The van der Waals surface area contributed by atoms with E-state index in [1.54, 1.807) is 6.07 Å². The third-order valence-electron chi connectivity index (χ3n) is 3.21. The molecule has 0 aliphatic carbocycles. The Morgan fingerprint density at radius 1 is 1.24 bits per heavy atom. The average molecular weight is 244 g/mol. The van der Waals surface area contributed by atoms with Gasteiger partial charge in [-0.3, -0.25) is 0 Å². The first-order valence-corrected chi connectivity index (χ1v) is 5.50. The Bertz CT molecular complexity index is 403. The molecule has 5 heteroatoms. The highest BCUT2D eigenvalue weighted by Gasteiger charge is 2.38. The molecule has 0 saturated carbocycles. The number of nitrogens with two attached hydrogens (primary N) is 1. The molecule has 1 aliphatic heterocycles. The summed E-state index contributed by atoms with van der Waals surface area (Å²) in [5.74, 6) is -0.238. The lowest BCUT2D eigenvalue weighted by Crippen LogP contribution is -2.29. The van der Waals surface area contributed by atoms with Gasteiger partial charge in [-0.1, -0.05) is 18.2 Å². The lowest BCUT2D eigenvalue weighted by Gasteiger charge is -2.20. The molecule has 2 N–H and O–H groups in total. The Morgan fingerprint density at radius 2 is 1.88 bits per heavy atom. The summed E-state index contributed by atoms with van der Waals surface area (Å²) in [6.45, 7) is 1.21. The minimum Gasteiger partial charge on any atom is -0.326 e. The number of likely N-dealkylation sites (tertiary alicyclic amines) is 1. The number of halogens is 3. The molecule has 2 rings (SSSR count). The number of rotatable bonds is 1. The van der Waals surface area contributed by atoms with Gasteiger partial charge in [0.25, 0.3) is 0 Å². The van der Waals surface area contributed by atoms with Crippen LogP contribution < -0.4 is 5.73 Å². The van der Waals surface area contributed by atoms with Crippen molar-refractivity contribution in [3.05, 3.63) is 35.4 Å². The van der Waals surface area contributed by atoms with E-state index >= 15 is 0 Å². The molecule has 1 fully saturated rings. The molecular formula is C12H15F3N2. The zero-order chi connectivity index (χ0) is 12.6. The van der Waals surface area contributed by atoms with Crippen LogP contribution in [-0.4, -0.2) is 31.1 Å². The first-order chi connectivity index (χ1) is 7.89. The van der Waals surface area contributed by atoms with Gasteiger partial charge in [-0.15, -0.1) is 0 Å². The van der Waals surface area contributed by atoms with Gasteiger partial charge >= 0.3 is 6.18 Å². The van der Waals surface area contributed by atoms with Crippen LogP contribution in [0.4, 0.5) is 13.2 Å². The maximum Gasteiger partial charge on any atom is 0.416 e. The molecule has 1 aromatic rings. The largest absolute Gasteiger partial charge is 0.416 e. The molecule has 1 heterocycles. The van der Waals surface area contributed by atoms with Crippen LogP contribution >= 0.6 is 0 Å². The third-order valence-corrected chi connectivity index (χ3v) is 3.21. The lowest BCUT2D eigenvalue weighted by molar-refractivity contribution is -0.138. The molecule has 0 amide bonds. The SMILES string of the molecule is CN1C[C@H](c2ccccc2C(F)(F)F)[C@@H](N)C1. The summed E-state index contributed by atoms with van der Waals surface area (Å²) in [5, 5.41) is 0. The highest BCUT2D eigenvalue weighted by atomic mass is 19.4. The predicted octanol–water partition coefficient (Wildman–Crippen LogP) is 2.06. The van der Waals surface area contributed by atoms with Crippen LogP contribution in [0, 0.1) is 0 Å². The summed E-state index contributed by atoms with van der Waals surface area (Å²) >= 11 is 0. The van der Waals surface area contributed by atoms with E-state index in [4.69, 9.17) is 5.73 Å². The van der Waals surface area contributed by atoms with E-state index < -0.39 is 11.7 Å². The highest BCUT2D eigenvalue weighted by Crippen LogP contribution is 2.37. The Balaban J connectivity index is 2.39. The quantitative estimate of drug-likeness (QED) is 0.819. The maximum absolute atomic E-state index is 12.9. The summed E-state index contributed by atoms with van der Waals surface area (Å²) in [6, 6.07) is 5.47. The Hall–Kier alpha value is -1.07. The normalized spacial score (nSPS) is 26.4. The van der Waals surface area contributed by atoms with Gasteiger partial charge < -0.3 is 10.6 Å². The summed E-state index contributed by atoms with van der Waals surface area (Å²) in [6.07, 6.45) is -4.31. The van der Waals surface area contributed by atoms with Crippen molar-refractivity contribution < 1.29 is 13.2 Å². The number of alkyl halides is 3. The molecule has 1 aromatic carbocycles. The maximum atomic E-state index is 12.9. The molecule has 1 saturated heterocycles. The van der Waals surface area contributed by atoms with Crippen molar-refractivity contribution in [2.75, 3.05) is 20.1 Å². The molecule has 0 unspecified atom stereocenters. The third kappa shape index (κ3) is 2.45. The van der Waals surface area contributed by atoms with Crippen molar-refractivity contribution in [2.45, 2.75) is 18.1 Å². The molecule has 0 bridgehead atoms. The van der Waals surface area contributed by atoms with Crippen LogP contribution in [0.3, 0.4) is 0 Å². The second-order valence-electron chi connectivity index (χ2n) is 4.58. The minimum absolute atomic E-state index is 0.233. The summed E-state index contributed by atoms with van der Waals surface area (Å²) in [7, 11) is 1.87. The van der Waals surface area contributed by atoms with Gasteiger partial charge in [0.2, 0.25) is 0 Å².